The summed E-state index contributed by atoms with van der Waals surface area (Å²) < 4.78 is 0. The molecule has 1 rings (SSSR count). The van der Waals surface area contributed by atoms with Crippen LogP contribution in [-0.2, 0) is 0 Å². The molecular formula is C14H28N2S. The van der Waals surface area contributed by atoms with E-state index in [0.29, 0.717) is 17.9 Å². The molecule has 100 valence electrons. The highest BCUT2D eigenvalue weighted by molar-refractivity contribution is 7.80. The molecule has 0 spiro atoms. The Balaban J connectivity index is 2.53. The Morgan fingerprint density at radius 3 is 1.94 bits per heavy atom. The number of thiocarbonyl (C=S) groups is 1. The molecular weight excluding hydrogens is 228 g/mol. The minimum atomic E-state index is 0.0402. The Bertz CT molecular complexity index is 258. The molecule has 1 aliphatic rings. The molecule has 0 saturated heterocycles. The van der Waals surface area contributed by atoms with Gasteiger partial charge in [-0.3, -0.25) is 0 Å². The maximum absolute atomic E-state index is 5.40. The Labute approximate surface area is 112 Å². The lowest BCUT2D eigenvalue weighted by atomic mass is 9.74. The normalized spacial score (nSPS) is 34.2. The zero-order valence-corrected chi connectivity index (χ0v) is 12.9. The van der Waals surface area contributed by atoms with Crippen LogP contribution in [0.4, 0.5) is 0 Å². The summed E-state index contributed by atoms with van der Waals surface area (Å²) in [4.78, 5) is 0. The van der Waals surface area contributed by atoms with Gasteiger partial charge in [0.2, 0.25) is 0 Å². The van der Waals surface area contributed by atoms with E-state index in [1.54, 1.807) is 0 Å². The van der Waals surface area contributed by atoms with Gasteiger partial charge in [-0.05, 0) is 63.6 Å². The maximum Gasteiger partial charge on any atom is 0.166 e. The Kier molecular flexibility index (Phi) is 4.82. The molecule has 2 nitrogen and oxygen atoms in total. The third kappa shape index (κ3) is 4.82. The van der Waals surface area contributed by atoms with Gasteiger partial charge in [-0.1, -0.05) is 20.8 Å². The average Bonchev–Trinajstić information content (AvgIpc) is 2.08. The quantitative estimate of drug-likeness (QED) is 0.704. The van der Waals surface area contributed by atoms with Gasteiger partial charge in [0.1, 0.15) is 0 Å². The third-order valence-corrected chi connectivity index (χ3v) is 3.78. The van der Waals surface area contributed by atoms with E-state index in [2.05, 4.69) is 52.2 Å². The van der Waals surface area contributed by atoms with Crippen molar-refractivity contribution < 1.29 is 0 Å². The third-order valence-electron chi connectivity index (χ3n) is 3.56. The summed E-state index contributed by atoms with van der Waals surface area (Å²) in [5.74, 6) is 2.25. The molecule has 0 aromatic heterocycles. The molecule has 2 atom stereocenters. The highest BCUT2D eigenvalue weighted by atomic mass is 32.1. The van der Waals surface area contributed by atoms with E-state index in [4.69, 9.17) is 12.2 Å². The van der Waals surface area contributed by atoms with Crippen molar-refractivity contribution in [3.05, 3.63) is 0 Å². The summed E-state index contributed by atoms with van der Waals surface area (Å²) in [5, 5.41) is 7.66. The van der Waals surface area contributed by atoms with E-state index in [9.17, 15) is 0 Å². The van der Waals surface area contributed by atoms with Gasteiger partial charge in [0.25, 0.3) is 0 Å². The van der Waals surface area contributed by atoms with Crippen LogP contribution in [0.5, 0.6) is 0 Å². The van der Waals surface area contributed by atoms with Gasteiger partial charge in [-0.15, -0.1) is 0 Å². The number of hydrogen-bond acceptors (Lipinski definition) is 1. The van der Waals surface area contributed by atoms with Crippen LogP contribution < -0.4 is 10.6 Å². The van der Waals surface area contributed by atoms with E-state index in [0.717, 1.165) is 11.0 Å². The van der Waals surface area contributed by atoms with Crippen molar-refractivity contribution in [2.24, 2.45) is 17.8 Å². The summed E-state index contributed by atoms with van der Waals surface area (Å²) in [6, 6.07) is 0.522. The summed E-state index contributed by atoms with van der Waals surface area (Å²) >= 11 is 5.40. The van der Waals surface area contributed by atoms with Crippen molar-refractivity contribution in [1.29, 1.82) is 0 Å². The fourth-order valence-electron chi connectivity index (χ4n) is 3.03. The summed E-state index contributed by atoms with van der Waals surface area (Å²) in [6.07, 6.45) is 2.61. The second-order valence-electron chi connectivity index (χ2n) is 6.91. The van der Waals surface area contributed by atoms with Crippen LogP contribution in [0, 0.1) is 17.8 Å². The first-order valence-corrected chi connectivity index (χ1v) is 7.18. The summed E-state index contributed by atoms with van der Waals surface area (Å²) in [7, 11) is 0. The molecule has 0 aliphatic heterocycles. The summed E-state index contributed by atoms with van der Waals surface area (Å²) in [5.41, 5.74) is 0.0402. The zero-order chi connectivity index (χ0) is 13.2. The Hall–Kier alpha value is -0.310. The van der Waals surface area contributed by atoms with Crippen LogP contribution in [0.1, 0.15) is 54.4 Å². The molecule has 1 saturated carbocycles. The van der Waals surface area contributed by atoms with E-state index >= 15 is 0 Å². The molecule has 0 aromatic carbocycles. The average molecular weight is 256 g/mol. The minimum absolute atomic E-state index is 0.0402. The molecule has 0 amide bonds. The topological polar surface area (TPSA) is 24.1 Å². The van der Waals surface area contributed by atoms with Crippen LogP contribution in [0.25, 0.3) is 0 Å². The van der Waals surface area contributed by atoms with E-state index < -0.39 is 0 Å². The van der Waals surface area contributed by atoms with Crippen LogP contribution in [0.2, 0.25) is 0 Å². The molecule has 3 heteroatoms. The van der Waals surface area contributed by atoms with Gasteiger partial charge in [0.15, 0.2) is 5.11 Å². The molecule has 0 bridgehead atoms. The molecule has 0 heterocycles. The lowest BCUT2D eigenvalue weighted by Crippen LogP contribution is -2.54. The number of hydrogen-bond donors (Lipinski definition) is 2. The standard InChI is InChI=1S/C14H28N2S/c1-9-7-10(2)12(11(3)8-9)15-13(17)16-14(4,5)6/h9-12H,7-8H2,1-6H3,(H2,15,16,17). The van der Waals surface area contributed by atoms with Crippen LogP contribution in [-0.4, -0.2) is 16.7 Å². The van der Waals surface area contributed by atoms with E-state index in [-0.39, 0.29) is 5.54 Å². The van der Waals surface area contributed by atoms with Gasteiger partial charge < -0.3 is 10.6 Å². The second-order valence-corrected chi connectivity index (χ2v) is 7.31. The van der Waals surface area contributed by atoms with E-state index in [1.165, 1.54) is 12.8 Å². The summed E-state index contributed by atoms with van der Waals surface area (Å²) in [6.45, 7) is 13.4. The Morgan fingerprint density at radius 1 is 1.06 bits per heavy atom. The molecule has 1 aliphatic carbocycles. The molecule has 2 unspecified atom stereocenters. The fourth-order valence-corrected chi connectivity index (χ4v) is 3.47. The second kappa shape index (κ2) is 5.55. The van der Waals surface area contributed by atoms with E-state index in [1.807, 2.05) is 0 Å². The molecule has 2 N–H and O–H groups in total. The van der Waals surface area contributed by atoms with Crippen molar-refractivity contribution in [2.75, 3.05) is 0 Å². The largest absolute Gasteiger partial charge is 0.359 e. The van der Waals surface area contributed by atoms with Gasteiger partial charge >= 0.3 is 0 Å². The highest BCUT2D eigenvalue weighted by Crippen LogP contribution is 2.32. The SMILES string of the molecule is CC1CC(C)C(NC(=S)NC(C)(C)C)C(C)C1. The first kappa shape index (κ1) is 14.7. The van der Waals surface area contributed by atoms with Crippen molar-refractivity contribution in [3.8, 4) is 0 Å². The van der Waals surface area contributed by atoms with Gasteiger partial charge in [-0.2, -0.15) is 0 Å². The number of nitrogens with one attached hydrogen (secondary N) is 2. The van der Waals surface area contributed by atoms with Gasteiger partial charge in [0, 0.05) is 11.6 Å². The lowest BCUT2D eigenvalue weighted by Gasteiger charge is -2.39. The van der Waals surface area contributed by atoms with Crippen LogP contribution >= 0.6 is 12.2 Å². The van der Waals surface area contributed by atoms with Crippen LogP contribution in [0.15, 0.2) is 0 Å². The Morgan fingerprint density at radius 2 is 1.53 bits per heavy atom. The van der Waals surface area contributed by atoms with Crippen molar-refractivity contribution in [2.45, 2.75) is 66.0 Å². The van der Waals surface area contributed by atoms with Gasteiger partial charge in [0.05, 0.1) is 0 Å². The maximum atomic E-state index is 5.40. The van der Waals surface area contributed by atoms with Crippen molar-refractivity contribution in [1.82, 2.24) is 10.6 Å². The fraction of sp³-hybridized carbons (Fsp3) is 0.929. The monoisotopic (exact) mass is 256 g/mol. The molecule has 0 radical (unpaired) electrons. The molecule has 17 heavy (non-hydrogen) atoms. The smallest absolute Gasteiger partial charge is 0.166 e. The molecule has 0 aromatic rings. The predicted octanol–water partition coefficient (Wildman–Crippen LogP) is 3.32. The first-order chi connectivity index (χ1) is 7.69. The number of rotatable bonds is 1. The first-order valence-electron chi connectivity index (χ1n) is 6.77. The minimum Gasteiger partial charge on any atom is -0.359 e. The predicted molar refractivity (Wildman–Crippen MR) is 79.1 cm³/mol. The van der Waals surface area contributed by atoms with Crippen molar-refractivity contribution in [3.63, 3.8) is 0 Å². The highest BCUT2D eigenvalue weighted by Gasteiger charge is 2.31. The molecule has 1 fully saturated rings. The van der Waals surface area contributed by atoms with Crippen molar-refractivity contribution >= 4 is 17.3 Å². The lowest BCUT2D eigenvalue weighted by molar-refractivity contribution is 0.179. The zero-order valence-electron chi connectivity index (χ0n) is 12.1. The van der Waals surface area contributed by atoms with Crippen LogP contribution in [0.3, 0.4) is 0 Å². The van der Waals surface area contributed by atoms with Gasteiger partial charge in [-0.25, -0.2) is 0 Å².